The van der Waals surface area contributed by atoms with Crippen molar-refractivity contribution in [3.05, 3.63) is 48.0 Å². The molecule has 0 aromatic carbocycles. The van der Waals surface area contributed by atoms with E-state index >= 15 is 0 Å². The Hall–Kier alpha value is -3.42. The van der Waals surface area contributed by atoms with E-state index < -0.39 is 0 Å². The second-order valence-corrected chi connectivity index (χ2v) is 7.48. The number of ether oxygens (including phenoxy) is 1. The van der Waals surface area contributed by atoms with E-state index in [2.05, 4.69) is 34.6 Å². The van der Waals surface area contributed by atoms with Crippen LogP contribution < -0.4 is 15.4 Å². The fourth-order valence-electron chi connectivity index (χ4n) is 3.17. The molecule has 1 atom stereocenters. The van der Waals surface area contributed by atoms with Gasteiger partial charge in [-0.15, -0.1) is 0 Å². The number of nitrogens with zero attached hydrogens (tertiary/aromatic N) is 4. The van der Waals surface area contributed by atoms with Gasteiger partial charge in [0.1, 0.15) is 5.69 Å². The smallest absolute Gasteiger partial charge is 0.222 e. The summed E-state index contributed by atoms with van der Waals surface area (Å²) in [7, 11) is 1.90. The lowest BCUT2D eigenvalue weighted by atomic mass is 10.1. The molecule has 0 amide bonds. The molecule has 3 aromatic rings. The van der Waals surface area contributed by atoms with E-state index in [1.165, 1.54) is 0 Å². The fraction of sp³-hybridized carbons (Fsp3) is 0.391. The van der Waals surface area contributed by atoms with Crippen LogP contribution in [0.3, 0.4) is 0 Å². The van der Waals surface area contributed by atoms with Crippen molar-refractivity contribution in [2.45, 2.75) is 46.7 Å². The van der Waals surface area contributed by atoms with Crippen molar-refractivity contribution in [2.75, 3.05) is 17.2 Å². The molecule has 0 aliphatic carbocycles. The molecule has 0 saturated carbocycles. The first-order valence-electron chi connectivity index (χ1n) is 10.6. The molecule has 0 aliphatic heterocycles. The van der Waals surface area contributed by atoms with E-state index in [9.17, 15) is 0 Å². The van der Waals surface area contributed by atoms with Crippen LogP contribution in [-0.4, -0.2) is 38.1 Å². The maximum atomic E-state index is 8.37. The van der Waals surface area contributed by atoms with Gasteiger partial charge in [0, 0.05) is 25.5 Å². The van der Waals surface area contributed by atoms with Gasteiger partial charge >= 0.3 is 0 Å². The molecule has 0 radical (unpaired) electrons. The highest BCUT2D eigenvalue weighted by Gasteiger charge is 2.19. The van der Waals surface area contributed by atoms with Crippen molar-refractivity contribution in [3.8, 4) is 17.1 Å². The molecule has 31 heavy (non-hydrogen) atoms. The molecule has 0 spiro atoms. The van der Waals surface area contributed by atoms with Crippen LogP contribution in [0.25, 0.3) is 11.3 Å². The highest BCUT2D eigenvalue weighted by molar-refractivity contribution is 6.03. The van der Waals surface area contributed by atoms with Crippen LogP contribution in [0, 0.1) is 5.41 Å². The molecular weight excluding hydrogens is 390 g/mol. The summed E-state index contributed by atoms with van der Waals surface area (Å²) in [5.74, 6) is 0.532. The van der Waals surface area contributed by atoms with E-state index in [0.29, 0.717) is 36.1 Å². The van der Waals surface area contributed by atoms with Crippen molar-refractivity contribution in [3.63, 3.8) is 0 Å². The zero-order valence-electron chi connectivity index (χ0n) is 18.9. The monoisotopic (exact) mass is 421 g/mol. The summed E-state index contributed by atoms with van der Waals surface area (Å²) in [5, 5.41) is 19.9. The number of hydrogen-bond acceptors (Lipinski definition) is 7. The molecule has 3 N–H and O–H groups in total. The van der Waals surface area contributed by atoms with Crippen LogP contribution in [0.5, 0.6) is 5.88 Å². The molecule has 3 rings (SSSR count). The van der Waals surface area contributed by atoms with Gasteiger partial charge in [-0.25, -0.2) is 9.97 Å². The van der Waals surface area contributed by atoms with Crippen LogP contribution in [0.1, 0.15) is 45.5 Å². The van der Waals surface area contributed by atoms with E-state index in [1.807, 2.05) is 44.4 Å². The van der Waals surface area contributed by atoms with Crippen LogP contribution in [0.2, 0.25) is 0 Å². The SMILES string of the molecule is CCOc1ncccc1-c1cc(NCc2ccn(C)n2)c(NC(C)CC)c(C(C)=N)n1. The lowest BCUT2D eigenvalue weighted by molar-refractivity contribution is 0.328. The molecule has 0 bridgehead atoms. The average Bonchev–Trinajstić information content (AvgIpc) is 3.18. The van der Waals surface area contributed by atoms with Gasteiger partial charge in [0.2, 0.25) is 5.88 Å². The second kappa shape index (κ2) is 10.1. The minimum absolute atomic E-state index is 0.235. The first-order valence-corrected chi connectivity index (χ1v) is 10.6. The fourth-order valence-corrected chi connectivity index (χ4v) is 3.17. The number of pyridine rings is 2. The van der Waals surface area contributed by atoms with Gasteiger partial charge in [0.15, 0.2) is 0 Å². The quantitative estimate of drug-likeness (QED) is 0.417. The summed E-state index contributed by atoms with van der Waals surface area (Å²) in [4.78, 5) is 9.19. The van der Waals surface area contributed by atoms with Gasteiger partial charge in [-0.2, -0.15) is 5.10 Å². The molecule has 0 aliphatic rings. The predicted molar refractivity (Wildman–Crippen MR) is 125 cm³/mol. The summed E-state index contributed by atoms with van der Waals surface area (Å²) < 4.78 is 7.50. The lowest BCUT2D eigenvalue weighted by Gasteiger charge is -2.22. The van der Waals surface area contributed by atoms with E-state index in [1.54, 1.807) is 17.8 Å². The first kappa shape index (κ1) is 22.3. The molecule has 8 nitrogen and oxygen atoms in total. The molecule has 3 aromatic heterocycles. The van der Waals surface area contributed by atoms with Crippen molar-refractivity contribution in [2.24, 2.45) is 7.05 Å². The normalized spacial score (nSPS) is 11.8. The van der Waals surface area contributed by atoms with Crippen LogP contribution in [-0.2, 0) is 13.6 Å². The Morgan fingerprint density at radius 2 is 2.10 bits per heavy atom. The number of aromatic nitrogens is 4. The molecule has 0 saturated heterocycles. The minimum Gasteiger partial charge on any atom is -0.477 e. The van der Waals surface area contributed by atoms with Gasteiger partial charge in [-0.3, -0.25) is 4.68 Å². The third-order valence-electron chi connectivity index (χ3n) is 4.93. The summed E-state index contributed by atoms with van der Waals surface area (Å²) in [6, 6.07) is 8.00. The van der Waals surface area contributed by atoms with Crippen molar-refractivity contribution >= 4 is 17.1 Å². The van der Waals surface area contributed by atoms with Gasteiger partial charge in [0.25, 0.3) is 0 Å². The van der Waals surface area contributed by atoms with Crippen molar-refractivity contribution < 1.29 is 4.74 Å². The Kier molecular flexibility index (Phi) is 7.23. The highest BCUT2D eigenvalue weighted by Crippen LogP contribution is 2.34. The van der Waals surface area contributed by atoms with E-state index in [-0.39, 0.29) is 6.04 Å². The minimum atomic E-state index is 0.235. The largest absolute Gasteiger partial charge is 0.477 e. The molecule has 164 valence electrons. The van der Waals surface area contributed by atoms with E-state index in [4.69, 9.17) is 15.1 Å². The Bertz CT molecular complexity index is 1040. The van der Waals surface area contributed by atoms with Gasteiger partial charge in [-0.1, -0.05) is 6.92 Å². The average molecular weight is 422 g/mol. The van der Waals surface area contributed by atoms with Crippen LogP contribution >= 0.6 is 0 Å². The molecule has 3 heterocycles. The van der Waals surface area contributed by atoms with Gasteiger partial charge in [-0.05, 0) is 51.5 Å². The molecule has 8 heteroatoms. The van der Waals surface area contributed by atoms with E-state index in [0.717, 1.165) is 29.1 Å². The Morgan fingerprint density at radius 1 is 1.29 bits per heavy atom. The summed E-state index contributed by atoms with van der Waals surface area (Å²) in [6.07, 6.45) is 4.58. The molecule has 1 unspecified atom stereocenters. The summed E-state index contributed by atoms with van der Waals surface area (Å²) >= 11 is 0. The van der Waals surface area contributed by atoms with Crippen LogP contribution in [0.15, 0.2) is 36.7 Å². The number of hydrogen-bond donors (Lipinski definition) is 3. The number of nitrogens with one attached hydrogen (secondary N) is 3. The van der Waals surface area contributed by atoms with Crippen molar-refractivity contribution in [1.29, 1.82) is 5.41 Å². The zero-order valence-corrected chi connectivity index (χ0v) is 18.9. The third-order valence-corrected chi connectivity index (χ3v) is 4.93. The summed E-state index contributed by atoms with van der Waals surface area (Å²) in [5.41, 5.74) is 5.11. The summed E-state index contributed by atoms with van der Waals surface area (Å²) in [6.45, 7) is 9.00. The Balaban J connectivity index is 2.10. The maximum absolute atomic E-state index is 8.37. The number of rotatable bonds is 10. The molecular formula is C23H31N7O. The molecule has 0 fully saturated rings. The second-order valence-electron chi connectivity index (χ2n) is 7.48. The first-order chi connectivity index (χ1) is 14.9. The van der Waals surface area contributed by atoms with Crippen LogP contribution in [0.4, 0.5) is 11.4 Å². The van der Waals surface area contributed by atoms with Crippen molar-refractivity contribution in [1.82, 2.24) is 19.7 Å². The van der Waals surface area contributed by atoms with Gasteiger partial charge < -0.3 is 20.8 Å². The zero-order chi connectivity index (χ0) is 22.4. The predicted octanol–water partition coefficient (Wildman–Crippen LogP) is 4.49. The number of aryl methyl sites for hydroxylation is 1. The third kappa shape index (κ3) is 5.39. The van der Waals surface area contributed by atoms with Gasteiger partial charge in [0.05, 0.1) is 47.2 Å². The lowest BCUT2D eigenvalue weighted by Crippen LogP contribution is -2.19. The topological polar surface area (TPSA) is 101 Å². The Morgan fingerprint density at radius 3 is 2.74 bits per heavy atom. The maximum Gasteiger partial charge on any atom is 0.222 e. The Labute approximate surface area is 183 Å². The highest BCUT2D eigenvalue weighted by atomic mass is 16.5. The standard InChI is InChI=1S/C23H31N7O/c1-6-15(3)27-22-20(26-14-17-10-12-30(5)29-17)13-19(28-21(22)16(4)24)18-9-8-11-25-23(18)31-7-2/h8-13,15,24,27H,6-7,14H2,1-5H3,(H,26,28). The number of anilines is 2.